The fourth-order valence-electron chi connectivity index (χ4n) is 3.23. The average Bonchev–Trinajstić information content (AvgIpc) is 2.47. The normalized spacial score (nSPS) is 29.8. The molecule has 1 aromatic heterocycles. The van der Waals surface area contributed by atoms with Gasteiger partial charge in [0.25, 0.3) is 5.69 Å². The first kappa shape index (κ1) is 13.2. The number of ether oxygens (including phenoxy) is 1. The predicted molar refractivity (Wildman–Crippen MR) is 70.1 cm³/mol. The Morgan fingerprint density at radius 2 is 2.15 bits per heavy atom. The first-order valence-electron chi connectivity index (χ1n) is 6.93. The number of rotatable bonds is 2. The van der Waals surface area contributed by atoms with Gasteiger partial charge in [0, 0.05) is 18.5 Å². The van der Waals surface area contributed by atoms with Gasteiger partial charge in [-0.1, -0.05) is 12.8 Å². The van der Waals surface area contributed by atoms with E-state index in [-0.39, 0.29) is 29.9 Å². The zero-order valence-electron chi connectivity index (χ0n) is 11.0. The number of carbonyl (C=O) groups excluding carboxylic acids is 1. The highest BCUT2D eigenvalue weighted by molar-refractivity contribution is 5.83. The molecule has 3 rings (SSSR count). The second-order valence-corrected chi connectivity index (χ2v) is 5.42. The molecule has 6 nitrogen and oxygen atoms in total. The highest BCUT2D eigenvalue weighted by Gasteiger charge is 2.40. The van der Waals surface area contributed by atoms with Gasteiger partial charge in [-0.25, -0.2) is 0 Å². The molecular weight excluding hydrogens is 260 g/mol. The monoisotopic (exact) mass is 276 g/mol. The summed E-state index contributed by atoms with van der Waals surface area (Å²) in [5.41, 5.74) is 0.391. The van der Waals surface area contributed by atoms with Gasteiger partial charge in [0.2, 0.25) is 0 Å². The van der Waals surface area contributed by atoms with Crippen molar-refractivity contribution in [3.05, 3.63) is 34.1 Å². The van der Waals surface area contributed by atoms with Crippen LogP contribution in [0.5, 0.6) is 0 Å². The standard InChI is InChI=1S/C14H16N2O4/c17-12-7-14(20-13-4-2-1-3-10(12)13)9-5-6-15-8-11(9)16(18)19/h5-6,8,10,13-14H,1-4,7H2. The number of fused-ring (bicyclic) bond motifs is 1. The lowest BCUT2D eigenvalue weighted by Crippen LogP contribution is -2.40. The Labute approximate surface area is 116 Å². The Balaban J connectivity index is 1.88. The van der Waals surface area contributed by atoms with Crippen LogP contribution in [0, 0.1) is 16.0 Å². The van der Waals surface area contributed by atoms with Gasteiger partial charge in [-0.15, -0.1) is 0 Å². The second-order valence-electron chi connectivity index (χ2n) is 5.42. The van der Waals surface area contributed by atoms with Gasteiger partial charge in [0.15, 0.2) is 0 Å². The molecule has 1 saturated heterocycles. The van der Waals surface area contributed by atoms with Crippen molar-refractivity contribution in [2.45, 2.75) is 44.3 Å². The first-order valence-corrected chi connectivity index (χ1v) is 6.93. The first-order chi connectivity index (χ1) is 9.66. The van der Waals surface area contributed by atoms with Crippen molar-refractivity contribution in [1.29, 1.82) is 0 Å². The quantitative estimate of drug-likeness (QED) is 0.612. The molecule has 0 spiro atoms. The smallest absolute Gasteiger partial charge is 0.293 e. The summed E-state index contributed by atoms with van der Waals surface area (Å²) in [6, 6.07) is 1.58. The van der Waals surface area contributed by atoms with E-state index in [0.29, 0.717) is 5.56 Å². The molecular formula is C14H16N2O4. The summed E-state index contributed by atoms with van der Waals surface area (Å²) >= 11 is 0. The van der Waals surface area contributed by atoms with Gasteiger partial charge in [-0.05, 0) is 18.9 Å². The van der Waals surface area contributed by atoms with Gasteiger partial charge in [0.05, 0.1) is 22.7 Å². The van der Waals surface area contributed by atoms with E-state index in [4.69, 9.17) is 4.74 Å². The van der Waals surface area contributed by atoms with Crippen LogP contribution in [0.2, 0.25) is 0 Å². The molecule has 1 saturated carbocycles. The number of pyridine rings is 1. The van der Waals surface area contributed by atoms with E-state index in [0.717, 1.165) is 25.7 Å². The maximum absolute atomic E-state index is 12.2. The summed E-state index contributed by atoms with van der Waals surface area (Å²) in [4.78, 5) is 26.6. The van der Waals surface area contributed by atoms with Crippen LogP contribution in [0.25, 0.3) is 0 Å². The maximum Gasteiger partial charge on any atom is 0.293 e. The lowest BCUT2D eigenvalue weighted by molar-refractivity contribution is -0.386. The number of nitrogens with zero attached hydrogens (tertiary/aromatic N) is 2. The SMILES string of the molecule is O=C1CC(c2ccncc2[N+](=O)[O-])OC2CCCCC12. The summed E-state index contributed by atoms with van der Waals surface area (Å²) in [6.07, 6.45) is 6.23. The molecule has 3 atom stereocenters. The van der Waals surface area contributed by atoms with E-state index < -0.39 is 11.0 Å². The third-order valence-electron chi connectivity index (χ3n) is 4.22. The largest absolute Gasteiger partial charge is 0.369 e. The van der Waals surface area contributed by atoms with Crippen LogP contribution in [-0.2, 0) is 9.53 Å². The second kappa shape index (κ2) is 5.28. The summed E-state index contributed by atoms with van der Waals surface area (Å²) in [5.74, 6) is 0.165. The van der Waals surface area contributed by atoms with Gasteiger partial charge >= 0.3 is 0 Å². The van der Waals surface area contributed by atoms with Crippen LogP contribution in [0.15, 0.2) is 18.5 Å². The maximum atomic E-state index is 12.2. The van der Waals surface area contributed by atoms with Crippen LogP contribution in [0.3, 0.4) is 0 Å². The minimum absolute atomic E-state index is 0.0131. The fraction of sp³-hybridized carbons (Fsp3) is 0.571. The van der Waals surface area contributed by atoms with Crippen molar-refractivity contribution in [1.82, 2.24) is 4.98 Å². The van der Waals surface area contributed by atoms with Gasteiger partial charge in [0.1, 0.15) is 12.0 Å². The number of hydrogen-bond donors (Lipinski definition) is 0. The lowest BCUT2D eigenvalue weighted by atomic mass is 9.79. The Morgan fingerprint density at radius 3 is 2.95 bits per heavy atom. The van der Waals surface area contributed by atoms with Crippen LogP contribution in [-0.4, -0.2) is 21.8 Å². The molecule has 0 radical (unpaired) electrons. The number of Topliss-reactive ketones (excluding diaryl/α,β-unsaturated/α-hetero) is 1. The zero-order valence-corrected chi connectivity index (χ0v) is 11.0. The Morgan fingerprint density at radius 1 is 1.35 bits per heavy atom. The minimum Gasteiger partial charge on any atom is -0.369 e. The molecule has 20 heavy (non-hydrogen) atoms. The summed E-state index contributed by atoms with van der Waals surface area (Å²) < 4.78 is 5.98. The van der Waals surface area contributed by atoms with Gasteiger partial charge in [-0.2, -0.15) is 0 Å². The number of carbonyl (C=O) groups is 1. The summed E-state index contributed by atoms with van der Waals surface area (Å²) in [6.45, 7) is 0. The third-order valence-corrected chi connectivity index (χ3v) is 4.22. The Hall–Kier alpha value is -1.82. The van der Waals surface area contributed by atoms with Crippen molar-refractivity contribution in [3.8, 4) is 0 Å². The Bertz CT molecular complexity index is 546. The number of hydrogen-bond acceptors (Lipinski definition) is 5. The predicted octanol–water partition coefficient (Wildman–Crippen LogP) is 2.58. The molecule has 0 N–H and O–H groups in total. The number of nitro groups is 1. The third kappa shape index (κ3) is 2.31. The van der Waals surface area contributed by atoms with Crippen LogP contribution in [0.1, 0.15) is 43.8 Å². The minimum atomic E-state index is -0.509. The highest BCUT2D eigenvalue weighted by Crippen LogP contribution is 2.41. The zero-order chi connectivity index (χ0) is 14.1. The topological polar surface area (TPSA) is 82.3 Å². The molecule has 0 bridgehead atoms. The average molecular weight is 276 g/mol. The summed E-state index contributed by atoms with van der Waals surface area (Å²) in [5, 5.41) is 11.1. The van der Waals surface area contributed by atoms with E-state index in [9.17, 15) is 14.9 Å². The molecule has 1 aliphatic heterocycles. The number of ketones is 1. The number of aromatic nitrogens is 1. The van der Waals surface area contributed by atoms with Crippen molar-refractivity contribution in [3.63, 3.8) is 0 Å². The van der Waals surface area contributed by atoms with Crippen LogP contribution in [0.4, 0.5) is 5.69 Å². The molecule has 0 aromatic carbocycles. The van der Waals surface area contributed by atoms with Gasteiger partial charge < -0.3 is 4.74 Å². The molecule has 2 fully saturated rings. The van der Waals surface area contributed by atoms with Gasteiger partial charge in [-0.3, -0.25) is 19.9 Å². The van der Waals surface area contributed by atoms with E-state index >= 15 is 0 Å². The van der Waals surface area contributed by atoms with Crippen LogP contribution >= 0.6 is 0 Å². The molecule has 106 valence electrons. The molecule has 1 aliphatic carbocycles. The van der Waals surface area contributed by atoms with E-state index in [1.54, 1.807) is 6.07 Å². The Kier molecular flexibility index (Phi) is 3.48. The molecule has 1 aromatic rings. The summed E-state index contributed by atoms with van der Waals surface area (Å²) in [7, 11) is 0. The fourth-order valence-corrected chi connectivity index (χ4v) is 3.23. The molecule has 2 aliphatic rings. The molecule has 6 heteroatoms. The van der Waals surface area contributed by atoms with E-state index in [1.807, 2.05) is 0 Å². The van der Waals surface area contributed by atoms with Crippen molar-refractivity contribution in [2.24, 2.45) is 5.92 Å². The van der Waals surface area contributed by atoms with Crippen molar-refractivity contribution < 1.29 is 14.5 Å². The molecule has 2 heterocycles. The highest BCUT2D eigenvalue weighted by atomic mass is 16.6. The molecule has 3 unspecified atom stereocenters. The van der Waals surface area contributed by atoms with Crippen molar-refractivity contribution >= 4 is 11.5 Å². The van der Waals surface area contributed by atoms with E-state index in [1.165, 1.54) is 12.4 Å². The van der Waals surface area contributed by atoms with Crippen LogP contribution < -0.4 is 0 Å². The molecule has 0 amide bonds. The van der Waals surface area contributed by atoms with Crippen molar-refractivity contribution in [2.75, 3.05) is 0 Å². The lowest BCUT2D eigenvalue weighted by Gasteiger charge is -2.38. The van der Waals surface area contributed by atoms with E-state index in [2.05, 4.69) is 4.98 Å².